The molecule has 1 heterocycles. The van der Waals surface area contributed by atoms with Gasteiger partial charge in [0.05, 0.1) is 17.5 Å². The van der Waals surface area contributed by atoms with Gasteiger partial charge in [0.15, 0.2) is 0 Å². The van der Waals surface area contributed by atoms with Crippen LogP contribution in [0.2, 0.25) is 0 Å². The van der Waals surface area contributed by atoms with Crippen molar-refractivity contribution in [2.24, 2.45) is 11.8 Å². The van der Waals surface area contributed by atoms with E-state index in [2.05, 4.69) is 0 Å². The van der Waals surface area contributed by atoms with Crippen LogP contribution in [0.15, 0.2) is 35.4 Å². The molecule has 1 N–H and O–H groups in total. The summed E-state index contributed by atoms with van der Waals surface area (Å²) in [5, 5.41) is 9.31. The monoisotopic (exact) mass is 271 g/mol. The third-order valence-corrected chi connectivity index (χ3v) is 4.45. The van der Waals surface area contributed by atoms with E-state index in [0.717, 1.165) is 0 Å². The van der Waals surface area contributed by atoms with Crippen LogP contribution in [0, 0.1) is 11.8 Å². The minimum absolute atomic E-state index is 0.113. The zero-order valence-corrected chi connectivity index (χ0v) is 11.6. The van der Waals surface area contributed by atoms with Crippen molar-refractivity contribution in [3.05, 3.63) is 35.4 Å². The molecule has 1 aliphatic heterocycles. The minimum Gasteiger partial charge on any atom is -0.508 e. The van der Waals surface area contributed by atoms with E-state index in [-0.39, 0.29) is 29.4 Å². The molecule has 2 aliphatic rings. The Morgan fingerprint density at radius 1 is 0.950 bits per heavy atom. The maximum atomic E-state index is 12.5. The standard InChI is InChI=1S/C16H17NO3/c1-9-7-13-14(8-10(9)2)16(20)17(15(13)19)11-3-5-12(18)6-4-11/h3-6,13-14,18H,7-8H2,1-2H3/t13-,14-/m1/s1. The fraction of sp³-hybridized carbons (Fsp3) is 0.375. The molecule has 3 rings (SSSR count). The van der Waals surface area contributed by atoms with Crippen LogP contribution < -0.4 is 4.90 Å². The average molecular weight is 271 g/mol. The number of fused-ring (bicyclic) bond motifs is 1. The molecule has 2 atom stereocenters. The molecule has 104 valence electrons. The van der Waals surface area contributed by atoms with E-state index in [1.165, 1.54) is 28.2 Å². The van der Waals surface area contributed by atoms with Crippen LogP contribution in [0.25, 0.3) is 0 Å². The molecule has 1 aromatic rings. The highest BCUT2D eigenvalue weighted by Crippen LogP contribution is 2.42. The minimum atomic E-state index is -0.222. The maximum absolute atomic E-state index is 12.5. The van der Waals surface area contributed by atoms with Gasteiger partial charge in [-0.25, -0.2) is 0 Å². The number of benzene rings is 1. The number of carbonyl (C=O) groups excluding carboxylic acids is 2. The van der Waals surface area contributed by atoms with Crippen LogP contribution in [-0.4, -0.2) is 16.9 Å². The van der Waals surface area contributed by atoms with Crippen molar-refractivity contribution in [1.82, 2.24) is 0 Å². The zero-order valence-electron chi connectivity index (χ0n) is 11.6. The van der Waals surface area contributed by atoms with Gasteiger partial charge in [0.1, 0.15) is 5.75 Å². The van der Waals surface area contributed by atoms with Crippen LogP contribution in [0.3, 0.4) is 0 Å². The number of hydrogen-bond donors (Lipinski definition) is 1. The van der Waals surface area contributed by atoms with Crippen molar-refractivity contribution in [1.29, 1.82) is 0 Å². The van der Waals surface area contributed by atoms with Crippen molar-refractivity contribution in [3.63, 3.8) is 0 Å². The van der Waals surface area contributed by atoms with Crippen LogP contribution in [0.5, 0.6) is 5.75 Å². The predicted octanol–water partition coefficient (Wildman–Crippen LogP) is 2.63. The van der Waals surface area contributed by atoms with Gasteiger partial charge in [0.2, 0.25) is 11.8 Å². The quantitative estimate of drug-likeness (QED) is 0.631. The van der Waals surface area contributed by atoms with Gasteiger partial charge < -0.3 is 5.11 Å². The zero-order chi connectivity index (χ0) is 14.4. The highest BCUT2D eigenvalue weighted by Gasteiger charge is 2.49. The average Bonchev–Trinajstić information content (AvgIpc) is 2.65. The second kappa shape index (κ2) is 4.47. The lowest BCUT2D eigenvalue weighted by atomic mass is 9.78. The largest absolute Gasteiger partial charge is 0.508 e. The Labute approximate surface area is 117 Å². The normalized spacial score (nSPS) is 26.2. The Balaban J connectivity index is 1.95. The van der Waals surface area contributed by atoms with Crippen molar-refractivity contribution < 1.29 is 14.7 Å². The Kier molecular flexibility index (Phi) is 2.89. The molecule has 0 saturated carbocycles. The molecule has 1 fully saturated rings. The fourth-order valence-corrected chi connectivity index (χ4v) is 3.11. The number of rotatable bonds is 1. The first-order valence-corrected chi connectivity index (χ1v) is 6.81. The molecule has 4 heteroatoms. The van der Waals surface area contributed by atoms with Crippen molar-refractivity contribution in [2.45, 2.75) is 26.7 Å². The number of amides is 2. The van der Waals surface area contributed by atoms with E-state index < -0.39 is 0 Å². The van der Waals surface area contributed by atoms with E-state index >= 15 is 0 Å². The summed E-state index contributed by atoms with van der Waals surface area (Å²) in [5.41, 5.74) is 2.99. The number of allylic oxidation sites excluding steroid dienone is 2. The van der Waals surface area contributed by atoms with Crippen molar-refractivity contribution in [2.75, 3.05) is 4.90 Å². The lowest BCUT2D eigenvalue weighted by molar-refractivity contribution is -0.122. The predicted molar refractivity (Wildman–Crippen MR) is 75.2 cm³/mol. The molecule has 1 aromatic carbocycles. The van der Waals surface area contributed by atoms with E-state index in [0.29, 0.717) is 18.5 Å². The summed E-state index contributed by atoms with van der Waals surface area (Å²) in [7, 11) is 0. The van der Waals surface area contributed by atoms with E-state index in [1.54, 1.807) is 12.1 Å². The number of anilines is 1. The van der Waals surface area contributed by atoms with Gasteiger partial charge >= 0.3 is 0 Å². The third-order valence-electron chi connectivity index (χ3n) is 4.45. The van der Waals surface area contributed by atoms with Gasteiger partial charge in [0, 0.05) is 0 Å². The van der Waals surface area contributed by atoms with Gasteiger partial charge in [0.25, 0.3) is 0 Å². The number of phenolic OH excluding ortho intramolecular Hbond substituents is 1. The Hall–Kier alpha value is -2.10. The summed E-state index contributed by atoms with van der Waals surface area (Å²) in [6.07, 6.45) is 1.35. The molecule has 0 aromatic heterocycles. The topological polar surface area (TPSA) is 57.6 Å². The second-order valence-corrected chi connectivity index (χ2v) is 5.71. The molecule has 0 radical (unpaired) electrons. The number of imide groups is 1. The number of nitrogens with zero attached hydrogens (tertiary/aromatic N) is 1. The summed E-state index contributed by atoms with van der Waals surface area (Å²) in [6, 6.07) is 6.20. The molecule has 0 spiro atoms. The van der Waals surface area contributed by atoms with Crippen LogP contribution in [0.4, 0.5) is 5.69 Å². The first-order chi connectivity index (χ1) is 9.49. The molecule has 0 unspecified atom stereocenters. The van der Waals surface area contributed by atoms with Crippen LogP contribution >= 0.6 is 0 Å². The fourth-order valence-electron chi connectivity index (χ4n) is 3.11. The SMILES string of the molecule is CC1=C(C)C[C@H]2C(=O)N(c3ccc(O)cc3)C(=O)[C@@H]2C1. The number of phenols is 1. The number of carbonyl (C=O) groups is 2. The summed E-state index contributed by atoms with van der Waals surface area (Å²) in [6.45, 7) is 4.07. The van der Waals surface area contributed by atoms with E-state index in [1.807, 2.05) is 13.8 Å². The Morgan fingerprint density at radius 3 is 1.85 bits per heavy atom. The highest BCUT2D eigenvalue weighted by molar-refractivity contribution is 6.22. The molecular weight excluding hydrogens is 254 g/mol. The van der Waals surface area contributed by atoms with E-state index in [9.17, 15) is 14.7 Å². The Bertz CT molecular complexity index is 583. The molecule has 1 aliphatic carbocycles. The van der Waals surface area contributed by atoms with Crippen LogP contribution in [-0.2, 0) is 9.59 Å². The highest BCUT2D eigenvalue weighted by atomic mass is 16.3. The van der Waals surface area contributed by atoms with Crippen molar-refractivity contribution in [3.8, 4) is 5.75 Å². The molecular formula is C16H17NO3. The molecule has 4 nitrogen and oxygen atoms in total. The van der Waals surface area contributed by atoms with Gasteiger partial charge in [-0.15, -0.1) is 0 Å². The first kappa shape index (κ1) is 12.9. The molecule has 0 bridgehead atoms. The smallest absolute Gasteiger partial charge is 0.238 e. The van der Waals surface area contributed by atoms with Crippen molar-refractivity contribution >= 4 is 17.5 Å². The second-order valence-electron chi connectivity index (χ2n) is 5.71. The first-order valence-electron chi connectivity index (χ1n) is 6.81. The summed E-state index contributed by atoms with van der Waals surface area (Å²) in [4.78, 5) is 26.3. The summed E-state index contributed by atoms with van der Waals surface area (Å²) < 4.78 is 0. The maximum Gasteiger partial charge on any atom is 0.238 e. The van der Waals surface area contributed by atoms with E-state index in [4.69, 9.17) is 0 Å². The van der Waals surface area contributed by atoms with Gasteiger partial charge in [-0.05, 0) is 51.0 Å². The number of aromatic hydroxyl groups is 1. The van der Waals surface area contributed by atoms with Gasteiger partial charge in [-0.3, -0.25) is 14.5 Å². The summed E-state index contributed by atoms with van der Waals surface area (Å²) in [5.74, 6) is -0.547. The molecule has 20 heavy (non-hydrogen) atoms. The lowest BCUT2D eigenvalue weighted by Gasteiger charge is -2.23. The summed E-state index contributed by atoms with van der Waals surface area (Å²) >= 11 is 0. The molecule has 2 amide bonds. The Morgan fingerprint density at radius 2 is 1.40 bits per heavy atom. The van der Waals surface area contributed by atoms with Gasteiger partial charge in [-0.2, -0.15) is 0 Å². The van der Waals surface area contributed by atoms with Gasteiger partial charge in [-0.1, -0.05) is 11.1 Å². The lowest BCUT2D eigenvalue weighted by Crippen LogP contribution is -2.30. The molecule has 1 saturated heterocycles. The third kappa shape index (κ3) is 1.83. The van der Waals surface area contributed by atoms with Crippen LogP contribution in [0.1, 0.15) is 26.7 Å². The number of hydrogen-bond acceptors (Lipinski definition) is 3.